The fraction of sp³-hybridized carbons (Fsp3) is 0.133. The molecule has 104 valence electrons. The van der Waals surface area contributed by atoms with E-state index in [9.17, 15) is 0 Å². The number of H-pyrrole nitrogens is 1. The summed E-state index contributed by atoms with van der Waals surface area (Å²) in [4.78, 5) is 11.1. The molecule has 0 saturated carbocycles. The van der Waals surface area contributed by atoms with Crippen LogP contribution in [0.1, 0.15) is 11.4 Å². The SMILES string of the molecule is N#Cc1ncc(NCCc2c[nH]c3cccc(Br)c23)cn1. The average Bonchev–Trinajstić information content (AvgIpc) is 2.93. The molecule has 2 N–H and O–H groups in total. The van der Waals surface area contributed by atoms with Crippen molar-refractivity contribution in [2.45, 2.75) is 6.42 Å². The molecule has 2 heterocycles. The molecule has 1 aromatic carbocycles. The van der Waals surface area contributed by atoms with Gasteiger partial charge in [0, 0.05) is 28.1 Å². The maximum absolute atomic E-state index is 8.65. The van der Waals surface area contributed by atoms with Gasteiger partial charge in [-0.25, -0.2) is 9.97 Å². The Morgan fingerprint density at radius 3 is 2.86 bits per heavy atom. The number of nitriles is 1. The van der Waals surface area contributed by atoms with Crippen LogP contribution in [0.25, 0.3) is 10.9 Å². The summed E-state index contributed by atoms with van der Waals surface area (Å²) in [6, 6.07) is 8.02. The van der Waals surface area contributed by atoms with Gasteiger partial charge in [-0.05, 0) is 24.1 Å². The fourth-order valence-electron chi connectivity index (χ4n) is 2.22. The minimum atomic E-state index is 0.182. The maximum Gasteiger partial charge on any atom is 0.232 e. The molecule has 0 amide bonds. The lowest BCUT2D eigenvalue weighted by molar-refractivity contribution is 1.01. The van der Waals surface area contributed by atoms with Crippen LogP contribution in [0.4, 0.5) is 5.69 Å². The third kappa shape index (κ3) is 2.88. The predicted octanol–water partition coefficient (Wildman–Crippen LogP) is 3.25. The number of rotatable bonds is 4. The second kappa shape index (κ2) is 5.94. The Bertz CT molecular complexity index is 801. The minimum absolute atomic E-state index is 0.182. The lowest BCUT2D eigenvalue weighted by Crippen LogP contribution is -2.05. The van der Waals surface area contributed by atoms with E-state index in [2.05, 4.69) is 42.3 Å². The van der Waals surface area contributed by atoms with E-state index in [1.54, 1.807) is 12.4 Å². The molecule has 2 aromatic heterocycles. The maximum atomic E-state index is 8.65. The standard InChI is InChI=1S/C15H12BrN5/c16-12-2-1-3-13-15(12)10(7-19-13)4-5-18-11-8-20-14(6-17)21-9-11/h1-3,7-9,18-19H,4-5H2. The van der Waals surface area contributed by atoms with Crippen molar-refractivity contribution in [3.63, 3.8) is 0 Å². The molecule has 6 heteroatoms. The summed E-state index contributed by atoms with van der Waals surface area (Å²) >= 11 is 3.59. The van der Waals surface area contributed by atoms with Crippen molar-refractivity contribution in [2.24, 2.45) is 0 Å². The van der Waals surface area contributed by atoms with Crippen molar-refractivity contribution in [1.29, 1.82) is 5.26 Å². The van der Waals surface area contributed by atoms with E-state index in [-0.39, 0.29) is 5.82 Å². The van der Waals surface area contributed by atoms with Gasteiger partial charge < -0.3 is 10.3 Å². The Morgan fingerprint density at radius 2 is 2.10 bits per heavy atom. The van der Waals surface area contributed by atoms with Crippen molar-refractivity contribution >= 4 is 32.5 Å². The van der Waals surface area contributed by atoms with Crippen LogP contribution in [0.3, 0.4) is 0 Å². The van der Waals surface area contributed by atoms with Gasteiger partial charge in [-0.2, -0.15) is 5.26 Å². The Hall–Kier alpha value is -2.39. The van der Waals surface area contributed by atoms with Gasteiger partial charge in [-0.15, -0.1) is 0 Å². The molecule has 0 saturated heterocycles. The molecule has 0 unspecified atom stereocenters. The molecule has 0 aliphatic heterocycles. The number of nitrogens with one attached hydrogen (secondary N) is 2. The molecule has 5 nitrogen and oxygen atoms in total. The van der Waals surface area contributed by atoms with Crippen molar-refractivity contribution in [2.75, 3.05) is 11.9 Å². The molecule has 0 fully saturated rings. The first-order valence-corrected chi connectivity index (χ1v) is 7.28. The highest BCUT2D eigenvalue weighted by molar-refractivity contribution is 9.10. The summed E-state index contributed by atoms with van der Waals surface area (Å²) in [5.41, 5.74) is 3.19. The van der Waals surface area contributed by atoms with Gasteiger partial charge in [-0.1, -0.05) is 22.0 Å². The molecule has 0 aliphatic rings. The van der Waals surface area contributed by atoms with Crippen LogP contribution in [0.2, 0.25) is 0 Å². The quantitative estimate of drug-likeness (QED) is 0.763. The highest BCUT2D eigenvalue weighted by Crippen LogP contribution is 2.27. The summed E-state index contributed by atoms with van der Waals surface area (Å²) in [5, 5.41) is 13.1. The fourth-order valence-corrected chi connectivity index (χ4v) is 2.84. The number of benzene rings is 1. The first-order valence-electron chi connectivity index (χ1n) is 6.48. The van der Waals surface area contributed by atoms with Crippen LogP contribution < -0.4 is 5.32 Å². The van der Waals surface area contributed by atoms with E-state index in [1.165, 1.54) is 10.9 Å². The van der Waals surface area contributed by atoms with E-state index < -0.39 is 0 Å². The van der Waals surface area contributed by atoms with E-state index in [0.29, 0.717) is 0 Å². The topological polar surface area (TPSA) is 77.4 Å². The summed E-state index contributed by atoms with van der Waals surface area (Å²) in [7, 11) is 0. The molecule has 21 heavy (non-hydrogen) atoms. The second-order valence-electron chi connectivity index (χ2n) is 4.56. The van der Waals surface area contributed by atoms with Crippen molar-refractivity contribution in [1.82, 2.24) is 15.0 Å². The number of aromatic amines is 1. The zero-order valence-electron chi connectivity index (χ0n) is 11.1. The smallest absolute Gasteiger partial charge is 0.232 e. The Morgan fingerprint density at radius 1 is 1.29 bits per heavy atom. The van der Waals surface area contributed by atoms with E-state index in [0.717, 1.165) is 28.6 Å². The van der Waals surface area contributed by atoms with Crippen LogP contribution in [-0.2, 0) is 6.42 Å². The average molecular weight is 342 g/mol. The Kier molecular flexibility index (Phi) is 3.84. The molecule has 0 bridgehead atoms. The number of aromatic nitrogens is 3. The molecule has 0 spiro atoms. The van der Waals surface area contributed by atoms with E-state index in [1.807, 2.05) is 24.4 Å². The van der Waals surface area contributed by atoms with Crippen LogP contribution >= 0.6 is 15.9 Å². The monoisotopic (exact) mass is 341 g/mol. The lowest BCUT2D eigenvalue weighted by atomic mass is 10.1. The van der Waals surface area contributed by atoms with Gasteiger partial charge in [0.25, 0.3) is 0 Å². The molecule has 3 aromatic rings. The van der Waals surface area contributed by atoms with E-state index in [4.69, 9.17) is 5.26 Å². The van der Waals surface area contributed by atoms with Crippen LogP contribution in [0, 0.1) is 11.3 Å². The zero-order valence-corrected chi connectivity index (χ0v) is 12.7. The molecule has 3 rings (SSSR count). The molecule has 0 aliphatic carbocycles. The van der Waals surface area contributed by atoms with Crippen LogP contribution in [-0.4, -0.2) is 21.5 Å². The van der Waals surface area contributed by atoms with Crippen molar-refractivity contribution < 1.29 is 0 Å². The third-order valence-electron chi connectivity index (χ3n) is 3.21. The normalized spacial score (nSPS) is 10.5. The van der Waals surface area contributed by atoms with E-state index >= 15 is 0 Å². The second-order valence-corrected chi connectivity index (χ2v) is 5.41. The van der Waals surface area contributed by atoms with Crippen molar-refractivity contribution in [3.05, 3.63) is 52.7 Å². The largest absolute Gasteiger partial charge is 0.382 e. The Balaban J connectivity index is 1.68. The number of hydrogen-bond acceptors (Lipinski definition) is 4. The lowest BCUT2D eigenvalue weighted by Gasteiger charge is -2.05. The van der Waals surface area contributed by atoms with Gasteiger partial charge in [0.1, 0.15) is 6.07 Å². The summed E-state index contributed by atoms with van der Waals surface area (Å²) in [5.74, 6) is 0.182. The third-order valence-corrected chi connectivity index (χ3v) is 3.87. The minimum Gasteiger partial charge on any atom is -0.382 e. The van der Waals surface area contributed by atoms with Crippen molar-refractivity contribution in [3.8, 4) is 6.07 Å². The summed E-state index contributed by atoms with van der Waals surface area (Å²) < 4.78 is 1.10. The molecule has 0 atom stereocenters. The number of halogens is 1. The zero-order chi connectivity index (χ0) is 14.7. The van der Waals surface area contributed by atoms with Gasteiger partial charge in [0.05, 0.1) is 18.1 Å². The summed E-state index contributed by atoms with van der Waals surface area (Å²) in [6.45, 7) is 0.767. The predicted molar refractivity (Wildman–Crippen MR) is 84.9 cm³/mol. The highest BCUT2D eigenvalue weighted by Gasteiger charge is 2.06. The highest BCUT2D eigenvalue weighted by atomic mass is 79.9. The van der Waals surface area contributed by atoms with Gasteiger partial charge in [0.15, 0.2) is 0 Å². The number of fused-ring (bicyclic) bond motifs is 1. The molecule has 0 radical (unpaired) electrons. The van der Waals surface area contributed by atoms with Gasteiger partial charge in [-0.3, -0.25) is 0 Å². The molecular weight excluding hydrogens is 330 g/mol. The number of anilines is 1. The Labute approximate surface area is 130 Å². The van der Waals surface area contributed by atoms with Gasteiger partial charge in [0.2, 0.25) is 5.82 Å². The molecular formula is C15H12BrN5. The number of nitrogens with zero attached hydrogens (tertiary/aromatic N) is 3. The number of hydrogen-bond donors (Lipinski definition) is 2. The van der Waals surface area contributed by atoms with Crippen LogP contribution in [0.15, 0.2) is 41.3 Å². The van der Waals surface area contributed by atoms with Crippen LogP contribution in [0.5, 0.6) is 0 Å². The summed E-state index contributed by atoms with van der Waals surface area (Å²) in [6.07, 6.45) is 6.16. The first-order chi connectivity index (χ1) is 10.3. The van der Waals surface area contributed by atoms with Gasteiger partial charge >= 0.3 is 0 Å². The first kappa shape index (κ1) is 13.6.